The Balaban J connectivity index is 1.65. The van der Waals surface area contributed by atoms with Gasteiger partial charge in [0.1, 0.15) is 22.5 Å². The van der Waals surface area contributed by atoms with Crippen molar-refractivity contribution in [1.82, 2.24) is 15.0 Å². The number of carbonyl (C=O) groups excluding carboxylic acids is 1. The van der Waals surface area contributed by atoms with Crippen molar-refractivity contribution in [3.05, 3.63) is 69.7 Å². The average molecular weight is 495 g/mol. The quantitative estimate of drug-likeness (QED) is 0.385. The molecule has 7 nitrogen and oxygen atoms in total. The van der Waals surface area contributed by atoms with Crippen molar-refractivity contribution in [1.29, 1.82) is 0 Å². The van der Waals surface area contributed by atoms with E-state index in [0.29, 0.717) is 29.1 Å². The SMILES string of the molecule is CCOc1ccc(-n2nc3cc(C)c(NC(=O)c4cc(Br)cc(C)c4OC)cc3n2)cc1. The summed E-state index contributed by atoms with van der Waals surface area (Å²) in [6.07, 6.45) is 0. The topological polar surface area (TPSA) is 78.3 Å². The Labute approximate surface area is 194 Å². The summed E-state index contributed by atoms with van der Waals surface area (Å²) in [5, 5.41) is 12.1. The van der Waals surface area contributed by atoms with Crippen LogP contribution >= 0.6 is 15.9 Å². The van der Waals surface area contributed by atoms with Crippen molar-refractivity contribution in [3.8, 4) is 17.2 Å². The molecular weight excluding hydrogens is 472 g/mol. The van der Waals surface area contributed by atoms with Gasteiger partial charge in [0.05, 0.1) is 25.0 Å². The van der Waals surface area contributed by atoms with Gasteiger partial charge < -0.3 is 14.8 Å². The first-order valence-electron chi connectivity index (χ1n) is 10.2. The molecule has 0 aliphatic carbocycles. The van der Waals surface area contributed by atoms with E-state index in [2.05, 4.69) is 31.4 Å². The molecule has 3 aromatic carbocycles. The number of aryl methyl sites for hydroxylation is 2. The lowest BCUT2D eigenvalue weighted by molar-refractivity contribution is 0.102. The second-order valence-electron chi connectivity index (χ2n) is 7.33. The second-order valence-corrected chi connectivity index (χ2v) is 8.25. The van der Waals surface area contributed by atoms with Crippen LogP contribution in [0.2, 0.25) is 0 Å². The number of methoxy groups -OCH3 is 1. The Morgan fingerprint density at radius 2 is 1.72 bits per heavy atom. The predicted octanol–water partition coefficient (Wildman–Crippen LogP) is 5.46. The van der Waals surface area contributed by atoms with Gasteiger partial charge in [-0.25, -0.2) is 0 Å². The number of nitrogens with zero attached hydrogens (tertiary/aromatic N) is 3. The predicted molar refractivity (Wildman–Crippen MR) is 128 cm³/mol. The van der Waals surface area contributed by atoms with E-state index in [1.807, 2.05) is 63.2 Å². The van der Waals surface area contributed by atoms with Crippen LogP contribution in [-0.4, -0.2) is 34.6 Å². The molecule has 0 unspecified atom stereocenters. The van der Waals surface area contributed by atoms with Crippen LogP contribution in [0.5, 0.6) is 11.5 Å². The third-order valence-electron chi connectivity index (χ3n) is 5.04. The molecule has 164 valence electrons. The molecule has 1 heterocycles. The summed E-state index contributed by atoms with van der Waals surface area (Å²) >= 11 is 3.45. The van der Waals surface area contributed by atoms with Crippen molar-refractivity contribution in [2.24, 2.45) is 0 Å². The lowest BCUT2D eigenvalue weighted by Gasteiger charge is -2.13. The molecule has 8 heteroatoms. The third-order valence-corrected chi connectivity index (χ3v) is 5.50. The molecule has 4 aromatic rings. The molecule has 0 atom stereocenters. The molecule has 0 saturated carbocycles. The Morgan fingerprint density at radius 3 is 2.38 bits per heavy atom. The van der Waals surface area contributed by atoms with Crippen molar-refractivity contribution >= 4 is 38.6 Å². The van der Waals surface area contributed by atoms with Gasteiger partial charge in [0.15, 0.2) is 0 Å². The normalized spacial score (nSPS) is 10.9. The first-order chi connectivity index (χ1) is 15.4. The van der Waals surface area contributed by atoms with Crippen LogP contribution < -0.4 is 14.8 Å². The largest absolute Gasteiger partial charge is 0.496 e. The maximum Gasteiger partial charge on any atom is 0.259 e. The van der Waals surface area contributed by atoms with Crippen LogP contribution in [0.15, 0.2) is 53.0 Å². The fraction of sp³-hybridized carbons (Fsp3) is 0.208. The van der Waals surface area contributed by atoms with Gasteiger partial charge in [-0.1, -0.05) is 15.9 Å². The van der Waals surface area contributed by atoms with Crippen LogP contribution in [0.3, 0.4) is 0 Å². The van der Waals surface area contributed by atoms with E-state index in [9.17, 15) is 4.79 Å². The zero-order valence-corrected chi connectivity index (χ0v) is 19.9. The lowest BCUT2D eigenvalue weighted by atomic mass is 10.1. The van der Waals surface area contributed by atoms with E-state index in [4.69, 9.17) is 9.47 Å². The van der Waals surface area contributed by atoms with Crippen molar-refractivity contribution in [3.63, 3.8) is 0 Å². The molecule has 0 fully saturated rings. The minimum Gasteiger partial charge on any atom is -0.496 e. The number of hydrogen-bond donors (Lipinski definition) is 1. The van der Waals surface area contributed by atoms with Gasteiger partial charge in [0.2, 0.25) is 0 Å². The number of carbonyl (C=O) groups is 1. The number of nitrogens with one attached hydrogen (secondary N) is 1. The maximum atomic E-state index is 13.0. The molecule has 0 aliphatic rings. The monoisotopic (exact) mass is 494 g/mol. The number of benzene rings is 3. The summed E-state index contributed by atoms with van der Waals surface area (Å²) < 4.78 is 11.8. The second kappa shape index (κ2) is 9.00. The average Bonchev–Trinajstić information content (AvgIpc) is 3.17. The first-order valence-corrected chi connectivity index (χ1v) is 10.9. The van der Waals surface area contributed by atoms with Gasteiger partial charge in [-0.2, -0.15) is 4.80 Å². The van der Waals surface area contributed by atoms with Crippen molar-refractivity contribution in [2.45, 2.75) is 20.8 Å². The van der Waals surface area contributed by atoms with Gasteiger partial charge in [0.25, 0.3) is 5.91 Å². The number of halogens is 1. The van der Waals surface area contributed by atoms with Gasteiger partial charge >= 0.3 is 0 Å². The fourth-order valence-corrected chi connectivity index (χ4v) is 4.09. The molecule has 4 rings (SSSR count). The number of fused-ring (bicyclic) bond motifs is 1. The zero-order valence-electron chi connectivity index (χ0n) is 18.3. The van der Waals surface area contributed by atoms with E-state index >= 15 is 0 Å². The minimum absolute atomic E-state index is 0.257. The highest BCUT2D eigenvalue weighted by molar-refractivity contribution is 9.10. The summed E-state index contributed by atoms with van der Waals surface area (Å²) in [4.78, 5) is 14.6. The fourth-order valence-electron chi connectivity index (χ4n) is 3.52. The van der Waals surface area contributed by atoms with Crippen molar-refractivity contribution < 1.29 is 14.3 Å². The summed E-state index contributed by atoms with van der Waals surface area (Å²) in [5.41, 5.74) is 5.12. The highest BCUT2D eigenvalue weighted by Gasteiger charge is 2.17. The highest BCUT2D eigenvalue weighted by Crippen LogP contribution is 2.30. The molecule has 0 radical (unpaired) electrons. The molecule has 1 aromatic heterocycles. The molecule has 1 amide bonds. The summed E-state index contributed by atoms with van der Waals surface area (Å²) in [5.74, 6) is 1.09. The van der Waals surface area contributed by atoms with E-state index in [0.717, 1.165) is 32.6 Å². The van der Waals surface area contributed by atoms with Gasteiger partial charge in [-0.05, 0) is 80.4 Å². The van der Waals surface area contributed by atoms with E-state index < -0.39 is 0 Å². The first kappa shape index (κ1) is 21.8. The molecule has 0 spiro atoms. The number of ether oxygens (including phenoxy) is 2. The van der Waals surface area contributed by atoms with Crippen LogP contribution in [0.25, 0.3) is 16.7 Å². The minimum atomic E-state index is -0.257. The number of aromatic nitrogens is 3. The lowest BCUT2D eigenvalue weighted by Crippen LogP contribution is -2.14. The molecule has 32 heavy (non-hydrogen) atoms. The van der Waals surface area contributed by atoms with Crippen LogP contribution in [-0.2, 0) is 0 Å². The zero-order chi connectivity index (χ0) is 22.8. The molecule has 1 N–H and O–H groups in total. The molecule has 0 saturated heterocycles. The molecule has 0 bridgehead atoms. The summed E-state index contributed by atoms with van der Waals surface area (Å²) in [7, 11) is 1.56. The van der Waals surface area contributed by atoms with Crippen LogP contribution in [0.1, 0.15) is 28.4 Å². The van der Waals surface area contributed by atoms with Crippen LogP contribution in [0, 0.1) is 13.8 Å². The Bertz CT molecular complexity index is 1300. The number of anilines is 1. The van der Waals surface area contributed by atoms with Gasteiger partial charge in [-0.15, -0.1) is 10.2 Å². The van der Waals surface area contributed by atoms with Gasteiger partial charge in [-0.3, -0.25) is 4.79 Å². The summed E-state index contributed by atoms with van der Waals surface area (Å²) in [6.45, 7) is 6.38. The Kier molecular flexibility index (Phi) is 6.14. The highest BCUT2D eigenvalue weighted by atomic mass is 79.9. The smallest absolute Gasteiger partial charge is 0.259 e. The Morgan fingerprint density at radius 1 is 1.03 bits per heavy atom. The van der Waals surface area contributed by atoms with E-state index in [-0.39, 0.29) is 5.91 Å². The number of amides is 1. The third kappa shape index (κ3) is 4.31. The van der Waals surface area contributed by atoms with Crippen molar-refractivity contribution in [2.75, 3.05) is 19.0 Å². The molecular formula is C24H23BrN4O3. The van der Waals surface area contributed by atoms with E-state index in [1.165, 1.54) is 0 Å². The number of rotatable bonds is 6. The van der Waals surface area contributed by atoms with Crippen LogP contribution in [0.4, 0.5) is 5.69 Å². The maximum absolute atomic E-state index is 13.0. The summed E-state index contributed by atoms with van der Waals surface area (Å²) in [6, 6.07) is 15.0. The number of hydrogen-bond acceptors (Lipinski definition) is 5. The van der Waals surface area contributed by atoms with E-state index in [1.54, 1.807) is 18.0 Å². The molecule has 0 aliphatic heterocycles. The van der Waals surface area contributed by atoms with Gasteiger partial charge in [0, 0.05) is 10.2 Å². The standard InChI is InChI=1S/C24H23BrN4O3/c1-5-32-18-8-6-17(7-9-18)29-27-21-11-14(2)20(13-22(21)28-29)26-24(30)19-12-16(25)10-15(3)23(19)31-4/h6-13H,5H2,1-4H3,(H,26,30). The Hall–Kier alpha value is -3.39.